The number of hydrogen-bond donors (Lipinski definition) is 3. The minimum absolute atomic E-state index is 0.0462. The van der Waals surface area contributed by atoms with Gasteiger partial charge in [0.2, 0.25) is 5.43 Å². The molecule has 1 fully saturated rings. The number of carboxylic acid groups (broad SMARTS) is 1. The van der Waals surface area contributed by atoms with Crippen molar-refractivity contribution in [3.8, 4) is 0 Å². The number of rotatable bonds is 6. The van der Waals surface area contributed by atoms with Crippen molar-refractivity contribution in [2.45, 2.75) is 18.9 Å². The minimum atomic E-state index is -1.31. The van der Waals surface area contributed by atoms with Gasteiger partial charge in [-0.15, -0.1) is 0 Å². The van der Waals surface area contributed by atoms with Crippen LogP contribution in [-0.4, -0.2) is 35.8 Å². The summed E-state index contributed by atoms with van der Waals surface area (Å²) in [5, 5.41) is 9.40. The van der Waals surface area contributed by atoms with Crippen LogP contribution < -0.4 is 21.5 Å². The Balaban J connectivity index is 1.87. The standard InChI is InChI=1S/C19H21FN4O4/c1-28-22-15-9-23(7-10(15)6-21)17-5-16-12(4-14(17)20)18(25)13(19(26)27)8-24(16)11-2-3-11/h4-5,8-11,22H,2-3,6-7,21H2,1H3,(H,26,27). The number of aromatic nitrogens is 1. The van der Waals surface area contributed by atoms with Crippen molar-refractivity contribution in [3.63, 3.8) is 0 Å². The summed E-state index contributed by atoms with van der Waals surface area (Å²) in [6.07, 6.45) is 4.89. The van der Waals surface area contributed by atoms with Crippen LogP contribution in [-0.2, 0) is 4.84 Å². The molecule has 28 heavy (non-hydrogen) atoms. The van der Waals surface area contributed by atoms with Gasteiger partial charge in [-0.2, -0.15) is 0 Å². The molecule has 9 heteroatoms. The maximum atomic E-state index is 14.9. The molecule has 1 atom stereocenters. The lowest BCUT2D eigenvalue weighted by atomic mass is 10.1. The summed E-state index contributed by atoms with van der Waals surface area (Å²) >= 11 is 0. The number of nitrogens with two attached hydrogens (primary N) is 1. The molecule has 0 spiro atoms. The number of hydroxylamine groups is 1. The van der Waals surface area contributed by atoms with Crippen LogP contribution in [0.5, 0.6) is 0 Å². The van der Waals surface area contributed by atoms with Gasteiger partial charge >= 0.3 is 5.97 Å². The Morgan fingerprint density at radius 1 is 1.43 bits per heavy atom. The van der Waals surface area contributed by atoms with Crippen molar-refractivity contribution in [1.29, 1.82) is 0 Å². The van der Waals surface area contributed by atoms with Crippen LogP contribution in [0.15, 0.2) is 35.0 Å². The van der Waals surface area contributed by atoms with Crippen molar-refractivity contribution in [2.75, 3.05) is 25.1 Å². The van der Waals surface area contributed by atoms with Crippen LogP contribution in [0.1, 0.15) is 29.2 Å². The van der Waals surface area contributed by atoms with Gasteiger partial charge in [0, 0.05) is 42.8 Å². The zero-order chi connectivity index (χ0) is 20.0. The molecular formula is C19H21FN4O4. The number of carboxylic acids is 1. The molecule has 2 aromatic rings. The van der Waals surface area contributed by atoms with E-state index in [2.05, 4.69) is 5.48 Å². The van der Waals surface area contributed by atoms with Crippen molar-refractivity contribution < 1.29 is 19.1 Å². The van der Waals surface area contributed by atoms with Gasteiger partial charge < -0.3 is 20.3 Å². The quantitative estimate of drug-likeness (QED) is 0.644. The predicted molar refractivity (Wildman–Crippen MR) is 102 cm³/mol. The zero-order valence-electron chi connectivity index (χ0n) is 15.3. The van der Waals surface area contributed by atoms with Gasteiger partial charge in [-0.1, -0.05) is 0 Å². The summed E-state index contributed by atoms with van der Waals surface area (Å²) in [5.74, 6) is -1.95. The third kappa shape index (κ3) is 3.02. The highest BCUT2D eigenvalue weighted by atomic mass is 19.1. The van der Waals surface area contributed by atoms with Crippen LogP contribution in [0.3, 0.4) is 0 Å². The number of anilines is 1. The second kappa shape index (κ2) is 6.92. The lowest BCUT2D eigenvalue weighted by Gasteiger charge is -2.20. The van der Waals surface area contributed by atoms with Crippen LogP contribution >= 0.6 is 0 Å². The average Bonchev–Trinajstić information content (AvgIpc) is 3.42. The van der Waals surface area contributed by atoms with Gasteiger partial charge in [-0.25, -0.2) is 9.18 Å². The van der Waals surface area contributed by atoms with Crippen LogP contribution in [0, 0.1) is 11.7 Å². The van der Waals surface area contributed by atoms with E-state index in [0.29, 0.717) is 24.3 Å². The minimum Gasteiger partial charge on any atom is -0.477 e. The first-order valence-electron chi connectivity index (χ1n) is 9.03. The van der Waals surface area contributed by atoms with Crippen LogP contribution in [0.25, 0.3) is 10.9 Å². The molecule has 1 saturated carbocycles. The van der Waals surface area contributed by atoms with Crippen molar-refractivity contribution in [3.05, 3.63) is 51.8 Å². The maximum absolute atomic E-state index is 14.9. The van der Waals surface area contributed by atoms with Crippen LogP contribution in [0.4, 0.5) is 10.1 Å². The molecule has 1 aromatic carbocycles. The highest BCUT2D eigenvalue weighted by molar-refractivity contribution is 5.93. The van der Waals surface area contributed by atoms with E-state index in [1.54, 1.807) is 21.7 Å². The van der Waals surface area contributed by atoms with Crippen molar-refractivity contribution in [2.24, 2.45) is 11.7 Å². The molecule has 0 radical (unpaired) electrons. The highest BCUT2D eigenvalue weighted by Crippen LogP contribution is 2.38. The lowest BCUT2D eigenvalue weighted by Crippen LogP contribution is -2.27. The molecule has 0 bridgehead atoms. The molecule has 148 valence electrons. The summed E-state index contributed by atoms with van der Waals surface area (Å²) in [6, 6.07) is 2.86. The SMILES string of the molecule is CONC1=CN(c2cc3c(cc2F)c(=O)c(C(=O)O)cn3C2CC2)CC1CN. The predicted octanol–water partition coefficient (Wildman–Crippen LogP) is 1.56. The number of fused-ring (bicyclic) bond motifs is 1. The van der Waals surface area contributed by atoms with E-state index in [1.165, 1.54) is 13.3 Å². The number of pyridine rings is 1. The fourth-order valence-electron chi connectivity index (χ4n) is 3.64. The monoisotopic (exact) mass is 388 g/mol. The molecule has 0 amide bonds. The highest BCUT2D eigenvalue weighted by Gasteiger charge is 2.30. The summed E-state index contributed by atoms with van der Waals surface area (Å²) < 4.78 is 16.7. The number of nitrogens with one attached hydrogen (secondary N) is 1. The smallest absolute Gasteiger partial charge is 0.341 e. The molecule has 1 unspecified atom stereocenters. The molecule has 1 aromatic heterocycles. The van der Waals surface area contributed by atoms with Gasteiger partial charge in [-0.05, 0) is 25.0 Å². The molecule has 1 aliphatic heterocycles. The summed E-state index contributed by atoms with van der Waals surface area (Å²) in [5.41, 5.74) is 9.12. The van der Waals surface area contributed by atoms with E-state index in [9.17, 15) is 19.1 Å². The fourth-order valence-corrected chi connectivity index (χ4v) is 3.64. The van der Waals surface area contributed by atoms with Gasteiger partial charge in [0.25, 0.3) is 0 Å². The Morgan fingerprint density at radius 2 is 2.18 bits per heavy atom. The first-order chi connectivity index (χ1) is 13.4. The van der Waals surface area contributed by atoms with Gasteiger partial charge in [0.15, 0.2) is 0 Å². The normalized spacial score (nSPS) is 19.2. The van der Waals surface area contributed by atoms with Gasteiger partial charge in [0.05, 0.1) is 24.0 Å². The fraction of sp³-hybridized carbons (Fsp3) is 0.368. The van der Waals surface area contributed by atoms with Gasteiger partial charge in [0.1, 0.15) is 11.4 Å². The Kier molecular flexibility index (Phi) is 4.56. The van der Waals surface area contributed by atoms with Crippen LogP contribution in [0.2, 0.25) is 0 Å². The zero-order valence-corrected chi connectivity index (χ0v) is 15.3. The number of halogens is 1. The van der Waals surface area contributed by atoms with E-state index >= 15 is 0 Å². The van der Waals surface area contributed by atoms with E-state index in [-0.39, 0.29) is 22.9 Å². The number of carbonyl (C=O) groups is 1. The largest absolute Gasteiger partial charge is 0.477 e. The van der Waals surface area contributed by atoms with E-state index in [1.807, 2.05) is 0 Å². The van der Waals surface area contributed by atoms with E-state index < -0.39 is 17.2 Å². The van der Waals surface area contributed by atoms with Crippen molar-refractivity contribution >= 4 is 22.6 Å². The summed E-state index contributed by atoms with van der Waals surface area (Å²) in [4.78, 5) is 30.7. The Labute approximate surface area is 159 Å². The third-order valence-electron chi connectivity index (χ3n) is 5.24. The molecule has 2 aliphatic rings. The Morgan fingerprint density at radius 3 is 2.79 bits per heavy atom. The third-order valence-corrected chi connectivity index (χ3v) is 5.24. The summed E-state index contributed by atoms with van der Waals surface area (Å²) in [6.45, 7) is 0.828. The molecule has 2 heterocycles. The van der Waals surface area contributed by atoms with E-state index in [0.717, 1.165) is 24.6 Å². The molecular weight excluding hydrogens is 367 g/mol. The number of hydrogen-bond acceptors (Lipinski definition) is 6. The summed E-state index contributed by atoms with van der Waals surface area (Å²) in [7, 11) is 1.49. The number of nitrogens with zero attached hydrogens (tertiary/aromatic N) is 2. The molecule has 8 nitrogen and oxygen atoms in total. The van der Waals surface area contributed by atoms with Gasteiger partial charge in [-0.3, -0.25) is 15.1 Å². The van der Waals surface area contributed by atoms with E-state index in [4.69, 9.17) is 10.6 Å². The second-order valence-electron chi connectivity index (χ2n) is 7.11. The van der Waals surface area contributed by atoms with Crippen molar-refractivity contribution in [1.82, 2.24) is 10.0 Å². The first-order valence-corrected chi connectivity index (χ1v) is 9.03. The Hall–Kier alpha value is -2.91. The molecule has 4 N–H and O–H groups in total. The first kappa shape index (κ1) is 18.5. The number of benzene rings is 1. The number of aromatic carboxylic acids is 1. The molecule has 1 aliphatic carbocycles. The lowest BCUT2D eigenvalue weighted by molar-refractivity contribution is 0.0695. The average molecular weight is 388 g/mol. The second-order valence-corrected chi connectivity index (χ2v) is 7.11. The molecule has 4 rings (SSSR count). The molecule has 0 saturated heterocycles. The topological polar surface area (TPSA) is 110 Å². The maximum Gasteiger partial charge on any atom is 0.341 e. The Bertz CT molecular complexity index is 1040.